The molecule has 1 aliphatic rings. The molecule has 5 nitrogen and oxygen atoms in total. The number of carbonyl (C=O) groups is 1. The lowest BCUT2D eigenvalue weighted by Crippen LogP contribution is -2.13. The number of hydrogen-bond acceptors (Lipinski definition) is 4. The van der Waals surface area contributed by atoms with Gasteiger partial charge in [0.1, 0.15) is 5.75 Å². The van der Waals surface area contributed by atoms with Gasteiger partial charge in [-0.05, 0) is 55.3 Å². The number of fused-ring (bicyclic) bond motifs is 1. The highest BCUT2D eigenvalue weighted by Crippen LogP contribution is 2.37. The average molecular weight is 402 g/mol. The Kier molecular flexibility index (Phi) is 6.86. The van der Waals surface area contributed by atoms with Crippen LogP contribution in [0.5, 0.6) is 5.75 Å². The van der Waals surface area contributed by atoms with Crippen molar-refractivity contribution in [2.24, 2.45) is 0 Å². The summed E-state index contributed by atoms with van der Waals surface area (Å²) in [5, 5.41) is 12.3. The van der Waals surface area contributed by atoms with Gasteiger partial charge in [-0.2, -0.15) is 0 Å². The van der Waals surface area contributed by atoms with E-state index in [-0.39, 0.29) is 11.5 Å². The summed E-state index contributed by atoms with van der Waals surface area (Å²) in [6, 6.07) is 7.76. The van der Waals surface area contributed by atoms with Gasteiger partial charge in [-0.1, -0.05) is 43.0 Å². The molecule has 0 fully saturated rings. The number of nitrogens with zero attached hydrogens (tertiary/aromatic N) is 1. The average Bonchev–Trinajstić information content (AvgIpc) is 2.77. The van der Waals surface area contributed by atoms with Crippen LogP contribution < -0.4 is 10.1 Å². The van der Waals surface area contributed by atoms with E-state index in [4.69, 9.17) is 4.74 Å². The number of carboxylic acid groups (broad SMARTS) is 1. The minimum Gasteiger partial charge on any atom is -0.493 e. The molecule has 2 aromatic rings. The molecule has 1 unspecified atom stereocenters. The largest absolute Gasteiger partial charge is 0.493 e. The molecule has 1 aliphatic heterocycles. The quantitative estimate of drug-likeness (QED) is 0.572. The Morgan fingerprint density at radius 1 is 1.37 bits per heavy atom. The molecular formula is C25H26N2O3. The molecule has 30 heavy (non-hydrogen) atoms. The van der Waals surface area contributed by atoms with Crippen molar-refractivity contribution in [2.45, 2.75) is 26.2 Å². The molecule has 3 rings (SSSR count). The van der Waals surface area contributed by atoms with E-state index >= 15 is 0 Å². The lowest BCUT2D eigenvalue weighted by molar-refractivity contribution is 0.0698. The minimum absolute atomic E-state index is 0.176. The number of aromatic carboxylic acids is 1. The van der Waals surface area contributed by atoms with E-state index in [1.165, 1.54) is 18.5 Å². The smallest absolute Gasteiger partial charge is 0.337 e. The first-order valence-electron chi connectivity index (χ1n) is 9.88. The van der Waals surface area contributed by atoms with Crippen LogP contribution in [0.25, 0.3) is 5.57 Å². The van der Waals surface area contributed by atoms with Gasteiger partial charge < -0.3 is 15.2 Å². The van der Waals surface area contributed by atoms with Gasteiger partial charge in [-0.3, -0.25) is 4.98 Å². The number of rotatable bonds is 7. The molecule has 0 bridgehead atoms. The first kappa shape index (κ1) is 21.1. The van der Waals surface area contributed by atoms with Crippen molar-refractivity contribution in [3.05, 3.63) is 96.0 Å². The van der Waals surface area contributed by atoms with Crippen molar-refractivity contribution in [1.82, 2.24) is 4.98 Å². The van der Waals surface area contributed by atoms with Gasteiger partial charge in [0.25, 0.3) is 0 Å². The molecule has 0 amide bonds. The van der Waals surface area contributed by atoms with E-state index in [1.54, 1.807) is 6.20 Å². The normalized spacial score (nSPS) is 16.7. The maximum atomic E-state index is 11.3. The summed E-state index contributed by atoms with van der Waals surface area (Å²) in [6.45, 7) is 8.55. The molecule has 0 spiro atoms. The Hall–Kier alpha value is -3.60. The van der Waals surface area contributed by atoms with Crippen molar-refractivity contribution in [3.63, 3.8) is 0 Å². The van der Waals surface area contributed by atoms with E-state index in [0.29, 0.717) is 12.3 Å². The monoisotopic (exact) mass is 402 g/mol. The highest BCUT2D eigenvalue weighted by atomic mass is 16.5. The van der Waals surface area contributed by atoms with E-state index in [2.05, 4.69) is 41.2 Å². The second kappa shape index (κ2) is 9.74. The summed E-state index contributed by atoms with van der Waals surface area (Å²) in [5.41, 5.74) is 5.08. The number of ether oxygens (including phenoxy) is 1. The SMILES string of the molecule is C=C/C(C)=C(\C=C/C)c1ccc2c(c1)OCCC2/C=C/Nc1cnccc1C(=O)O. The zero-order valence-corrected chi connectivity index (χ0v) is 17.3. The first-order valence-corrected chi connectivity index (χ1v) is 9.88. The van der Waals surface area contributed by atoms with E-state index in [9.17, 15) is 9.90 Å². The molecule has 2 heterocycles. The van der Waals surface area contributed by atoms with Crippen LogP contribution in [0.4, 0.5) is 5.69 Å². The highest BCUT2D eigenvalue weighted by molar-refractivity contribution is 5.94. The van der Waals surface area contributed by atoms with E-state index < -0.39 is 5.97 Å². The van der Waals surface area contributed by atoms with Crippen molar-refractivity contribution < 1.29 is 14.6 Å². The molecule has 1 atom stereocenters. The van der Waals surface area contributed by atoms with Crippen LogP contribution in [0.2, 0.25) is 0 Å². The topological polar surface area (TPSA) is 71.5 Å². The minimum atomic E-state index is -0.989. The van der Waals surface area contributed by atoms with Crippen molar-refractivity contribution in [1.29, 1.82) is 0 Å². The van der Waals surface area contributed by atoms with Crippen molar-refractivity contribution in [3.8, 4) is 5.75 Å². The Bertz CT molecular complexity index is 1030. The van der Waals surface area contributed by atoms with Gasteiger partial charge in [0.15, 0.2) is 0 Å². The third-order valence-electron chi connectivity index (χ3n) is 5.09. The number of nitrogens with one attached hydrogen (secondary N) is 1. The second-order valence-electron chi connectivity index (χ2n) is 7.03. The van der Waals surface area contributed by atoms with Gasteiger partial charge >= 0.3 is 5.97 Å². The van der Waals surface area contributed by atoms with Crippen molar-refractivity contribution >= 4 is 17.2 Å². The standard InChI is InChI=1S/C25H26N2O3/c1-4-6-20(17(3)5-2)19-7-8-21-18(11-14-30-24(21)15-19)9-13-27-23-16-26-12-10-22(23)25(28)29/h4-10,12-13,15-16,18,27H,2,11,14H2,1,3H3,(H,28,29)/b6-4-,13-9+,20-17+. The Balaban J connectivity index is 1.84. The number of anilines is 1. The van der Waals surface area contributed by atoms with Crippen LogP contribution in [0.3, 0.4) is 0 Å². The number of pyridine rings is 1. The van der Waals surface area contributed by atoms with Crippen LogP contribution >= 0.6 is 0 Å². The van der Waals surface area contributed by atoms with Gasteiger partial charge in [-0.15, -0.1) is 0 Å². The summed E-state index contributed by atoms with van der Waals surface area (Å²) in [5.74, 6) is 0.0619. The third kappa shape index (κ3) is 4.69. The second-order valence-corrected chi connectivity index (χ2v) is 7.03. The van der Waals surface area contributed by atoms with Crippen LogP contribution in [0.15, 0.2) is 79.3 Å². The molecule has 0 aliphatic carbocycles. The van der Waals surface area contributed by atoms with Gasteiger partial charge in [0, 0.05) is 17.7 Å². The summed E-state index contributed by atoms with van der Waals surface area (Å²) >= 11 is 0. The lowest BCUT2D eigenvalue weighted by Gasteiger charge is -2.24. The fourth-order valence-corrected chi connectivity index (χ4v) is 3.47. The molecule has 0 saturated carbocycles. The molecule has 0 radical (unpaired) electrons. The summed E-state index contributed by atoms with van der Waals surface area (Å²) in [6.07, 6.45) is 13.6. The number of hydrogen-bond donors (Lipinski definition) is 2. The Morgan fingerprint density at radius 2 is 2.20 bits per heavy atom. The number of allylic oxidation sites excluding steroid dienone is 6. The zero-order valence-electron chi connectivity index (χ0n) is 17.3. The highest BCUT2D eigenvalue weighted by Gasteiger charge is 2.20. The molecule has 1 aromatic heterocycles. The third-order valence-corrected chi connectivity index (χ3v) is 5.09. The van der Waals surface area contributed by atoms with Gasteiger partial charge in [0.2, 0.25) is 0 Å². The van der Waals surface area contributed by atoms with Crippen LogP contribution in [-0.4, -0.2) is 22.7 Å². The summed E-state index contributed by atoms with van der Waals surface area (Å²) < 4.78 is 5.94. The summed E-state index contributed by atoms with van der Waals surface area (Å²) in [4.78, 5) is 15.3. The Labute approximate surface area is 177 Å². The lowest BCUT2D eigenvalue weighted by atomic mass is 9.90. The molecule has 5 heteroatoms. The maximum Gasteiger partial charge on any atom is 0.337 e. The predicted molar refractivity (Wildman–Crippen MR) is 121 cm³/mol. The fourth-order valence-electron chi connectivity index (χ4n) is 3.47. The van der Waals surface area contributed by atoms with E-state index in [1.807, 2.05) is 32.1 Å². The molecule has 2 N–H and O–H groups in total. The molecular weight excluding hydrogens is 376 g/mol. The van der Waals surface area contributed by atoms with Crippen LogP contribution in [0, 0.1) is 0 Å². The van der Waals surface area contributed by atoms with Crippen LogP contribution in [0.1, 0.15) is 47.7 Å². The van der Waals surface area contributed by atoms with Gasteiger partial charge in [0.05, 0.1) is 24.1 Å². The molecule has 1 aromatic carbocycles. The fraction of sp³-hybridized carbons (Fsp3) is 0.200. The maximum absolute atomic E-state index is 11.3. The first-order chi connectivity index (χ1) is 14.5. The zero-order chi connectivity index (χ0) is 21.5. The number of benzene rings is 1. The van der Waals surface area contributed by atoms with Crippen molar-refractivity contribution in [2.75, 3.05) is 11.9 Å². The summed E-state index contributed by atoms with van der Waals surface area (Å²) in [7, 11) is 0. The molecule has 0 saturated heterocycles. The van der Waals surface area contributed by atoms with Crippen LogP contribution in [-0.2, 0) is 0 Å². The predicted octanol–water partition coefficient (Wildman–Crippen LogP) is 5.81. The van der Waals surface area contributed by atoms with E-state index in [0.717, 1.165) is 34.4 Å². The molecule has 154 valence electrons. The number of aromatic nitrogens is 1. The van der Waals surface area contributed by atoms with Gasteiger partial charge in [-0.25, -0.2) is 4.79 Å². The Morgan fingerprint density at radius 3 is 2.93 bits per heavy atom. The number of carboxylic acids is 1.